The van der Waals surface area contributed by atoms with E-state index in [1.54, 1.807) is 0 Å². The van der Waals surface area contributed by atoms with Gasteiger partial charge >= 0.3 is 5.97 Å². The zero-order valence-electron chi connectivity index (χ0n) is 9.95. The molecule has 0 aromatic heterocycles. The topological polar surface area (TPSA) is 46.5 Å². The minimum Gasteiger partial charge on any atom is -0.490 e. The summed E-state index contributed by atoms with van der Waals surface area (Å²) in [6, 6.07) is 4.25. The van der Waals surface area contributed by atoms with Crippen LogP contribution in [-0.4, -0.2) is 17.2 Å². The molecule has 0 fully saturated rings. The zero-order chi connectivity index (χ0) is 13.3. The van der Waals surface area contributed by atoms with Crippen molar-refractivity contribution in [1.29, 1.82) is 0 Å². The highest BCUT2D eigenvalue weighted by atomic mass is 19.3. The minimum absolute atomic E-state index is 0.00268. The second kappa shape index (κ2) is 4.55. The Kier molecular flexibility index (Phi) is 3.24. The van der Waals surface area contributed by atoms with Gasteiger partial charge in [0.05, 0.1) is 6.42 Å². The van der Waals surface area contributed by atoms with E-state index in [4.69, 9.17) is 9.84 Å². The van der Waals surface area contributed by atoms with Gasteiger partial charge in [0.25, 0.3) is 5.92 Å². The Bertz CT molecular complexity index is 471. The minimum atomic E-state index is -3.11. The molecule has 1 aliphatic heterocycles. The summed E-state index contributed by atoms with van der Waals surface area (Å²) in [5.41, 5.74) is 0.621. The first-order valence-corrected chi connectivity index (χ1v) is 5.78. The lowest BCUT2D eigenvalue weighted by Gasteiger charge is -2.16. The Morgan fingerprint density at radius 1 is 1.56 bits per heavy atom. The monoisotopic (exact) mass is 256 g/mol. The molecule has 0 spiro atoms. The summed E-state index contributed by atoms with van der Waals surface area (Å²) in [5.74, 6) is -3.69. The van der Waals surface area contributed by atoms with Crippen LogP contribution in [0.4, 0.5) is 8.78 Å². The molecule has 98 valence electrons. The Balaban J connectivity index is 2.18. The summed E-state index contributed by atoms with van der Waals surface area (Å²) in [6.45, 7) is 1.88. The molecule has 0 radical (unpaired) electrons. The van der Waals surface area contributed by atoms with Gasteiger partial charge in [-0.3, -0.25) is 4.79 Å². The van der Waals surface area contributed by atoms with Gasteiger partial charge in [-0.05, 0) is 30.7 Å². The second-order valence-corrected chi connectivity index (χ2v) is 4.55. The van der Waals surface area contributed by atoms with Crippen LogP contribution < -0.4 is 4.74 Å². The van der Waals surface area contributed by atoms with Crippen LogP contribution in [0.2, 0.25) is 0 Å². The molecule has 0 saturated carbocycles. The zero-order valence-corrected chi connectivity index (χ0v) is 9.95. The summed E-state index contributed by atoms with van der Waals surface area (Å²) in [6.07, 6.45) is -0.616. The van der Waals surface area contributed by atoms with Crippen LogP contribution in [0.15, 0.2) is 18.2 Å². The number of carboxylic acids is 1. The fraction of sp³-hybridized carbons (Fsp3) is 0.462. The van der Waals surface area contributed by atoms with Gasteiger partial charge in [-0.2, -0.15) is 0 Å². The van der Waals surface area contributed by atoms with Crippen molar-refractivity contribution < 1.29 is 23.4 Å². The van der Waals surface area contributed by atoms with Gasteiger partial charge in [-0.1, -0.05) is 0 Å². The number of halogens is 2. The summed E-state index contributed by atoms with van der Waals surface area (Å²) in [5, 5.41) is 8.46. The highest BCUT2D eigenvalue weighted by molar-refractivity contribution is 5.66. The number of benzene rings is 1. The molecule has 18 heavy (non-hydrogen) atoms. The van der Waals surface area contributed by atoms with Gasteiger partial charge in [0, 0.05) is 18.4 Å². The van der Waals surface area contributed by atoms with Crippen molar-refractivity contribution in [2.75, 3.05) is 0 Å². The van der Waals surface area contributed by atoms with Crippen molar-refractivity contribution in [3.05, 3.63) is 29.3 Å². The van der Waals surface area contributed by atoms with Crippen LogP contribution in [0.5, 0.6) is 5.75 Å². The van der Waals surface area contributed by atoms with E-state index in [0.717, 1.165) is 5.56 Å². The fourth-order valence-corrected chi connectivity index (χ4v) is 2.06. The number of alkyl halides is 2. The molecule has 1 aromatic rings. The van der Waals surface area contributed by atoms with E-state index in [9.17, 15) is 13.6 Å². The van der Waals surface area contributed by atoms with Crippen molar-refractivity contribution in [2.24, 2.45) is 0 Å². The predicted octanol–water partition coefficient (Wildman–Crippen LogP) is 2.97. The summed E-state index contributed by atoms with van der Waals surface area (Å²) in [7, 11) is 0. The maximum absolute atomic E-state index is 13.8. The predicted molar refractivity (Wildman–Crippen MR) is 61.0 cm³/mol. The lowest BCUT2D eigenvalue weighted by atomic mass is 10.00. The summed E-state index contributed by atoms with van der Waals surface area (Å²) >= 11 is 0. The first-order valence-electron chi connectivity index (χ1n) is 5.78. The van der Waals surface area contributed by atoms with E-state index in [1.807, 2.05) is 6.92 Å². The number of fused-ring (bicyclic) bond motifs is 1. The molecule has 2 rings (SSSR count). The van der Waals surface area contributed by atoms with Gasteiger partial charge in [0.1, 0.15) is 11.9 Å². The van der Waals surface area contributed by atoms with Gasteiger partial charge in [0.15, 0.2) is 0 Å². The van der Waals surface area contributed by atoms with Crippen molar-refractivity contribution in [2.45, 2.75) is 38.2 Å². The molecule has 3 nitrogen and oxygen atoms in total. The number of aliphatic carboxylic acids is 1. The smallest absolute Gasteiger partial charge is 0.303 e. The molecule has 1 aromatic carbocycles. The first-order chi connectivity index (χ1) is 8.38. The average Bonchev–Trinajstić information content (AvgIpc) is 2.65. The molecule has 0 bridgehead atoms. The largest absolute Gasteiger partial charge is 0.490 e. The quantitative estimate of drug-likeness (QED) is 0.900. The first kappa shape index (κ1) is 12.8. The fourth-order valence-electron chi connectivity index (χ4n) is 2.06. The number of hydrogen-bond acceptors (Lipinski definition) is 2. The van der Waals surface area contributed by atoms with E-state index in [0.29, 0.717) is 12.2 Å². The van der Waals surface area contributed by atoms with Crippen LogP contribution in [0.1, 0.15) is 30.9 Å². The van der Waals surface area contributed by atoms with Crippen molar-refractivity contribution in [3.8, 4) is 5.75 Å². The highest BCUT2D eigenvalue weighted by Gasteiger charge is 2.33. The molecular weight excluding hydrogens is 242 g/mol. The van der Waals surface area contributed by atoms with E-state index in [1.165, 1.54) is 18.2 Å². The second-order valence-electron chi connectivity index (χ2n) is 4.55. The third-order valence-electron chi connectivity index (χ3n) is 2.97. The summed E-state index contributed by atoms with van der Waals surface area (Å²) < 4.78 is 33.0. The van der Waals surface area contributed by atoms with Gasteiger partial charge in [-0.25, -0.2) is 8.78 Å². The third kappa shape index (κ3) is 2.60. The average molecular weight is 256 g/mol. The highest BCUT2D eigenvalue weighted by Crippen LogP contribution is 2.37. The maximum atomic E-state index is 13.8. The number of carbonyl (C=O) groups is 1. The lowest BCUT2D eigenvalue weighted by molar-refractivity contribution is -0.139. The Hall–Kier alpha value is -1.65. The molecule has 0 saturated heterocycles. The number of carboxylic acid groups (broad SMARTS) is 1. The number of ether oxygens (including phenoxy) is 1. The van der Waals surface area contributed by atoms with Crippen LogP contribution >= 0.6 is 0 Å². The maximum Gasteiger partial charge on any atom is 0.303 e. The molecular formula is C13H14F2O3. The van der Waals surface area contributed by atoms with Gasteiger partial charge < -0.3 is 9.84 Å². The van der Waals surface area contributed by atoms with Gasteiger partial charge in [-0.15, -0.1) is 0 Å². The molecule has 1 heterocycles. The van der Waals surface area contributed by atoms with Crippen LogP contribution in [0.3, 0.4) is 0 Å². The molecule has 1 atom stereocenters. The standard InChI is InChI=1S/C13H14F2O3/c1-8-6-9-7-10(2-3-11(9)18-8)13(14,15)5-4-12(16)17/h2-3,7-8H,4-6H2,1H3,(H,16,17). The molecule has 5 heteroatoms. The Morgan fingerprint density at radius 2 is 2.28 bits per heavy atom. The van der Waals surface area contributed by atoms with Gasteiger partial charge in [0.2, 0.25) is 0 Å². The Morgan fingerprint density at radius 3 is 2.94 bits per heavy atom. The van der Waals surface area contributed by atoms with E-state index >= 15 is 0 Å². The van der Waals surface area contributed by atoms with Crippen LogP contribution in [-0.2, 0) is 17.1 Å². The van der Waals surface area contributed by atoms with Crippen molar-refractivity contribution in [3.63, 3.8) is 0 Å². The molecule has 1 N–H and O–H groups in total. The number of rotatable bonds is 4. The Labute approximate surface area is 103 Å². The van der Waals surface area contributed by atoms with Crippen molar-refractivity contribution in [1.82, 2.24) is 0 Å². The lowest BCUT2D eigenvalue weighted by Crippen LogP contribution is -2.15. The van der Waals surface area contributed by atoms with Crippen LogP contribution in [0, 0.1) is 0 Å². The third-order valence-corrected chi connectivity index (χ3v) is 2.97. The molecule has 1 aliphatic rings. The van der Waals surface area contributed by atoms with E-state index in [-0.39, 0.29) is 11.7 Å². The molecule has 1 unspecified atom stereocenters. The van der Waals surface area contributed by atoms with E-state index < -0.39 is 24.7 Å². The SMILES string of the molecule is CC1Cc2cc(C(F)(F)CCC(=O)O)ccc2O1. The summed E-state index contributed by atoms with van der Waals surface area (Å²) in [4.78, 5) is 10.4. The molecule has 0 aliphatic carbocycles. The van der Waals surface area contributed by atoms with E-state index in [2.05, 4.69) is 0 Å². The molecule has 0 amide bonds. The van der Waals surface area contributed by atoms with Crippen LogP contribution in [0.25, 0.3) is 0 Å². The number of hydrogen-bond donors (Lipinski definition) is 1. The van der Waals surface area contributed by atoms with Crippen molar-refractivity contribution >= 4 is 5.97 Å². The normalized spacial score (nSPS) is 18.3.